The molecule has 2 aliphatic rings. The van der Waals surface area contributed by atoms with Crippen LogP contribution in [0.25, 0.3) is 0 Å². The van der Waals surface area contributed by atoms with E-state index in [9.17, 15) is 14.7 Å². The van der Waals surface area contributed by atoms with Crippen LogP contribution in [-0.4, -0.2) is 51.7 Å². The molecular weight excluding hydrogens is 224 g/mol. The number of likely N-dealkylation sites (tertiary alicyclic amines) is 1. The quantitative estimate of drug-likeness (QED) is 0.596. The van der Waals surface area contributed by atoms with Gasteiger partial charge in [0.25, 0.3) is 0 Å². The first-order chi connectivity index (χ1) is 7.99. The van der Waals surface area contributed by atoms with Gasteiger partial charge in [0.2, 0.25) is 5.91 Å². The van der Waals surface area contributed by atoms with Crippen LogP contribution >= 0.6 is 0 Å². The van der Waals surface area contributed by atoms with Gasteiger partial charge in [0.05, 0.1) is 12.1 Å². The van der Waals surface area contributed by atoms with E-state index in [1.165, 1.54) is 4.90 Å². The van der Waals surface area contributed by atoms with Crippen LogP contribution < -0.4 is 5.73 Å². The van der Waals surface area contributed by atoms with Crippen LogP contribution in [0.1, 0.15) is 25.7 Å². The summed E-state index contributed by atoms with van der Waals surface area (Å²) in [6.07, 6.45) is 2.17. The Bertz CT molecular complexity index is 329. The van der Waals surface area contributed by atoms with E-state index >= 15 is 0 Å². The summed E-state index contributed by atoms with van der Waals surface area (Å²) in [7, 11) is 0. The van der Waals surface area contributed by atoms with E-state index in [0.29, 0.717) is 12.3 Å². The van der Waals surface area contributed by atoms with Crippen molar-refractivity contribution in [3.05, 3.63) is 0 Å². The lowest BCUT2D eigenvalue weighted by Crippen LogP contribution is -2.48. The number of aliphatic carboxylic acids is 1. The molecule has 2 rings (SSSR count). The maximum atomic E-state index is 12.0. The number of hydrogen-bond acceptors (Lipinski definition) is 4. The zero-order chi connectivity index (χ0) is 12.6. The number of β-amino-alcohol motifs (C(OH)–C–C–N with tert-alkyl or cyclic N) is 1. The molecule has 96 valence electrons. The van der Waals surface area contributed by atoms with Gasteiger partial charge in [-0.15, -0.1) is 0 Å². The molecule has 1 saturated carbocycles. The van der Waals surface area contributed by atoms with Crippen LogP contribution in [0.4, 0.5) is 0 Å². The largest absolute Gasteiger partial charge is 0.480 e. The standard InChI is InChI=1S/C11H18N2O4/c12-8(3-6-1-2-6)10(15)13-5-7(14)4-9(13)11(16)17/h6-9,14H,1-5,12H2,(H,16,17)/t7-,8+,9+/m1/s1. The van der Waals surface area contributed by atoms with Gasteiger partial charge in [-0.05, 0) is 12.3 Å². The summed E-state index contributed by atoms with van der Waals surface area (Å²) in [4.78, 5) is 24.2. The smallest absolute Gasteiger partial charge is 0.326 e. The Labute approximate surface area is 99.4 Å². The van der Waals surface area contributed by atoms with E-state index in [1.807, 2.05) is 0 Å². The summed E-state index contributed by atoms with van der Waals surface area (Å²) < 4.78 is 0. The molecule has 0 unspecified atom stereocenters. The Morgan fingerprint density at radius 2 is 2.06 bits per heavy atom. The monoisotopic (exact) mass is 242 g/mol. The van der Waals surface area contributed by atoms with Crippen molar-refractivity contribution in [1.82, 2.24) is 4.90 Å². The van der Waals surface area contributed by atoms with Gasteiger partial charge in [-0.1, -0.05) is 12.8 Å². The number of nitrogens with two attached hydrogens (primary N) is 1. The summed E-state index contributed by atoms with van der Waals surface area (Å²) in [5, 5.41) is 18.4. The van der Waals surface area contributed by atoms with E-state index in [4.69, 9.17) is 10.8 Å². The average molecular weight is 242 g/mol. The minimum Gasteiger partial charge on any atom is -0.480 e. The maximum Gasteiger partial charge on any atom is 0.326 e. The molecule has 0 radical (unpaired) electrons. The summed E-state index contributed by atoms with van der Waals surface area (Å²) in [6.45, 7) is 0.0775. The summed E-state index contributed by atoms with van der Waals surface area (Å²) in [5.41, 5.74) is 5.78. The highest BCUT2D eigenvalue weighted by atomic mass is 16.4. The SMILES string of the molecule is N[C@@H](CC1CC1)C(=O)N1C[C@H](O)C[C@H]1C(=O)O. The van der Waals surface area contributed by atoms with Crippen LogP contribution in [0.2, 0.25) is 0 Å². The maximum absolute atomic E-state index is 12.0. The third kappa shape index (κ3) is 2.76. The first-order valence-corrected chi connectivity index (χ1v) is 5.96. The van der Waals surface area contributed by atoms with Crippen LogP contribution in [-0.2, 0) is 9.59 Å². The Balaban J connectivity index is 1.98. The first kappa shape index (κ1) is 12.3. The van der Waals surface area contributed by atoms with Gasteiger partial charge in [0.1, 0.15) is 6.04 Å². The van der Waals surface area contributed by atoms with Crippen molar-refractivity contribution in [3.63, 3.8) is 0 Å². The van der Waals surface area contributed by atoms with Gasteiger partial charge in [-0.3, -0.25) is 4.79 Å². The number of hydrogen-bond donors (Lipinski definition) is 3. The fourth-order valence-electron chi connectivity index (χ4n) is 2.32. The van der Waals surface area contributed by atoms with Crippen LogP contribution in [0.5, 0.6) is 0 Å². The van der Waals surface area contributed by atoms with Crippen molar-refractivity contribution in [2.24, 2.45) is 11.7 Å². The molecule has 2 fully saturated rings. The fraction of sp³-hybridized carbons (Fsp3) is 0.818. The van der Waals surface area contributed by atoms with Crippen molar-refractivity contribution < 1.29 is 19.8 Å². The zero-order valence-corrected chi connectivity index (χ0v) is 9.58. The molecule has 17 heavy (non-hydrogen) atoms. The van der Waals surface area contributed by atoms with E-state index in [0.717, 1.165) is 12.8 Å². The molecule has 0 aromatic heterocycles. The number of carboxylic acid groups (broad SMARTS) is 1. The van der Waals surface area contributed by atoms with Crippen LogP contribution in [0, 0.1) is 5.92 Å². The molecule has 1 amide bonds. The predicted octanol–water partition coefficient (Wildman–Crippen LogP) is -0.840. The summed E-state index contributed by atoms with van der Waals surface area (Å²) in [5.74, 6) is -0.904. The van der Waals surface area contributed by atoms with Crippen molar-refractivity contribution in [3.8, 4) is 0 Å². The van der Waals surface area contributed by atoms with E-state index < -0.39 is 24.2 Å². The minimum absolute atomic E-state index is 0.0775. The first-order valence-electron chi connectivity index (χ1n) is 5.96. The molecule has 6 nitrogen and oxygen atoms in total. The molecule has 0 aromatic rings. The lowest BCUT2D eigenvalue weighted by atomic mass is 10.1. The third-order valence-electron chi connectivity index (χ3n) is 3.45. The minimum atomic E-state index is -1.08. The van der Waals surface area contributed by atoms with Gasteiger partial charge in [0, 0.05) is 13.0 Å². The van der Waals surface area contributed by atoms with Crippen molar-refractivity contribution in [2.75, 3.05) is 6.54 Å². The number of carbonyl (C=O) groups is 2. The lowest BCUT2D eigenvalue weighted by Gasteiger charge is -2.24. The highest BCUT2D eigenvalue weighted by molar-refractivity contribution is 5.87. The van der Waals surface area contributed by atoms with Crippen molar-refractivity contribution in [2.45, 2.75) is 43.9 Å². The molecule has 1 saturated heterocycles. The Morgan fingerprint density at radius 3 is 2.59 bits per heavy atom. The molecule has 6 heteroatoms. The molecule has 1 heterocycles. The Hall–Kier alpha value is -1.14. The third-order valence-corrected chi connectivity index (χ3v) is 3.45. The molecule has 0 aromatic carbocycles. The molecular formula is C11H18N2O4. The Morgan fingerprint density at radius 1 is 1.41 bits per heavy atom. The van der Waals surface area contributed by atoms with Gasteiger partial charge in [0.15, 0.2) is 0 Å². The summed E-state index contributed by atoms with van der Waals surface area (Å²) in [6, 6.07) is -1.56. The lowest BCUT2D eigenvalue weighted by molar-refractivity contribution is -0.148. The second-order valence-electron chi connectivity index (χ2n) is 5.02. The highest BCUT2D eigenvalue weighted by Gasteiger charge is 2.41. The Kier molecular flexibility index (Phi) is 3.35. The summed E-state index contributed by atoms with van der Waals surface area (Å²) >= 11 is 0. The number of carboxylic acids is 1. The fourth-order valence-corrected chi connectivity index (χ4v) is 2.32. The van der Waals surface area contributed by atoms with Gasteiger partial charge < -0.3 is 20.8 Å². The van der Waals surface area contributed by atoms with E-state index in [1.54, 1.807) is 0 Å². The molecule has 3 atom stereocenters. The predicted molar refractivity (Wildman–Crippen MR) is 59.1 cm³/mol. The average Bonchev–Trinajstić information content (AvgIpc) is 2.97. The van der Waals surface area contributed by atoms with Crippen LogP contribution in [0.3, 0.4) is 0 Å². The van der Waals surface area contributed by atoms with E-state index in [-0.39, 0.29) is 18.9 Å². The molecule has 0 spiro atoms. The second kappa shape index (κ2) is 4.62. The number of nitrogens with zero attached hydrogens (tertiary/aromatic N) is 1. The highest BCUT2D eigenvalue weighted by Crippen LogP contribution is 2.33. The molecule has 4 N–H and O–H groups in total. The van der Waals surface area contributed by atoms with Crippen molar-refractivity contribution >= 4 is 11.9 Å². The molecule has 1 aliphatic heterocycles. The molecule has 0 bridgehead atoms. The number of rotatable bonds is 4. The van der Waals surface area contributed by atoms with Crippen LogP contribution in [0.15, 0.2) is 0 Å². The van der Waals surface area contributed by atoms with Gasteiger partial charge >= 0.3 is 5.97 Å². The number of aliphatic hydroxyl groups is 1. The second-order valence-corrected chi connectivity index (χ2v) is 5.02. The van der Waals surface area contributed by atoms with E-state index in [2.05, 4.69) is 0 Å². The zero-order valence-electron chi connectivity index (χ0n) is 9.58. The number of amides is 1. The topological polar surface area (TPSA) is 104 Å². The van der Waals surface area contributed by atoms with Gasteiger partial charge in [-0.2, -0.15) is 0 Å². The van der Waals surface area contributed by atoms with Gasteiger partial charge in [-0.25, -0.2) is 4.79 Å². The normalized spacial score (nSPS) is 30.4. The van der Waals surface area contributed by atoms with Crippen molar-refractivity contribution in [1.29, 1.82) is 0 Å². The number of aliphatic hydroxyl groups excluding tert-OH is 1. The molecule has 1 aliphatic carbocycles. The number of carbonyl (C=O) groups excluding carboxylic acids is 1.